The Morgan fingerprint density at radius 3 is 1.65 bits per heavy atom. The van der Waals surface area contributed by atoms with Gasteiger partial charge in [0.15, 0.2) is 0 Å². The number of methoxy groups -OCH3 is 3. The van der Waals surface area contributed by atoms with Crippen LogP contribution in [0, 0.1) is 0 Å². The maximum atomic E-state index is 13.4. The summed E-state index contributed by atoms with van der Waals surface area (Å²) in [5, 5.41) is 4.92. The number of nitrogens with zero attached hydrogens (tertiary/aromatic N) is 1. The van der Waals surface area contributed by atoms with Gasteiger partial charge in [-0.1, -0.05) is 36.4 Å². The van der Waals surface area contributed by atoms with Crippen molar-refractivity contribution in [2.45, 2.75) is 6.42 Å². The standard InChI is InChI=1S/C25H23N3O8S/c1-34-18(29)14-17-19(22(30)35-2)21(37-20(17)23(31)36-3)28(24(32)26-15-10-6-4-7-11-15)25(33)27-16-12-8-5-9-13-16/h4-13H,14H2,1-3H3,(H,26,32)(H,27,33). The third kappa shape index (κ3) is 6.30. The molecule has 1 heterocycles. The van der Waals surface area contributed by atoms with Crippen molar-refractivity contribution >= 4 is 57.7 Å². The van der Waals surface area contributed by atoms with E-state index in [0.717, 1.165) is 21.3 Å². The van der Waals surface area contributed by atoms with E-state index in [4.69, 9.17) is 14.2 Å². The van der Waals surface area contributed by atoms with Crippen LogP contribution in [0.1, 0.15) is 25.6 Å². The van der Waals surface area contributed by atoms with Crippen LogP contribution in [-0.4, -0.2) is 51.3 Å². The van der Waals surface area contributed by atoms with Crippen LogP contribution in [-0.2, 0) is 25.4 Å². The number of hydrogen-bond donors (Lipinski definition) is 2. The molecule has 0 radical (unpaired) electrons. The molecule has 11 nitrogen and oxygen atoms in total. The number of carbonyl (C=O) groups excluding carboxylic acids is 5. The maximum absolute atomic E-state index is 13.4. The zero-order valence-electron chi connectivity index (χ0n) is 20.1. The van der Waals surface area contributed by atoms with E-state index >= 15 is 0 Å². The molecule has 2 N–H and O–H groups in total. The smallest absolute Gasteiger partial charge is 0.348 e. The monoisotopic (exact) mass is 525 g/mol. The zero-order chi connectivity index (χ0) is 26.9. The van der Waals surface area contributed by atoms with Crippen molar-refractivity contribution < 1.29 is 38.2 Å². The molecule has 0 aliphatic heterocycles. The third-order valence-corrected chi connectivity index (χ3v) is 6.15. The van der Waals surface area contributed by atoms with Crippen LogP contribution < -0.4 is 15.5 Å². The second-order valence-electron chi connectivity index (χ2n) is 7.25. The van der Waals surface area contributed by atoms with Gasteiger partial charge < -0.3 is 24.8 Å². The molecule has 0 saturated carbocycles. The van der Waals surface area contributed by atoms with Crippen molar-refractivity contribution in [3.05, 3.63) is 76.7 Å². The van der Waals surface area contributed by atoms with Crippen molar-refractivity contribution in [2.75, 3.05) is 36.9 Å². The van der Waals surface area contributed by atoms with Crippen molar-refractivity contribution in [3.8, 4) is 0 Å². The van der Waals surface area contributed by atoms with E-state index in [1.807, 2.05) is 0 Å². The molecule has 3 rings (SSSR count). The molecule has 0 saturated heterocycles. The Bertz CT molecular complexity index is 1250. The fraction of sp³-hybridized carbons (Fsp3) is 0.160. The largest absolute Gasteiger partial charge is 0.469 e. The van der Waals surface area contributed by atoms with Gasteiger partial charge in [-0.3, -0.25) is 4.79 Å². The lowest BCUT2D eigenvalue weighted by atomic mass is 10.1. The van der Waals surface area contributed by atoms with Crippen LogP contribution in [0.4, 0.5) is 26.0 Å². The Balaban J connectivity index is 2.20. The van der Waals surface area contributed by atoms with Crippen molar-refractivity contribution in [3.63, 3.8) is 0 Å². The van der Waals surface area contributed by atoms with Gasteiger partial charge >= 0.3 is 30.0 Å². The highest BCUT2D eigenvalue weighted by Crippen LogP contribution is 2.39. The van der Waals surface area contributed by atoms with E-state index in [1.54, 1.807) is 60.7 Å². The van der Waals surface area contributed by atoms with Crippen LogP contribution in [0.25, 0.3) is 0 Å². The molecule has 3 aromatic rings. The van der Waals surface area contributed by atoms with E-state index in [9.17, 15) is 24.0 Å². The highest BCUT2D eigenvalue weighted by Gasteiger charge is 2.37. The number of urea groups is 2. The number of carbonyl (C=O) groups is 5. The van der Waals surface area contributed by atoms with Gasteiger partial charge in [-0.15, -0.1) is 11.3 Å². The average Bonchev–Trinajstić information content (AvgIpc) is 3.27. The number of para-hydroxylation sites is 2. The molecular formula is C25H23N3O8S. The Hall–Kier alpha value is -4.71. The van der Waals surface area contributed by atoms with Crippen LogP contribution >= 0.6 is 11.3 Å². The maximum Gasteiger partial charge on any atom is 0.348 e. The minimum Gasteiger partial charge on any atom is -0.469 e. The second-order valence-corrected chi connectivity index (χ2v) is 8.25. The number of esters is 3. The lowest BCUT2D eigenvalue weighted by molar-refractivity contribution is -0.139. The number of amides is 4. The Morgan fingerprint density at radius 1 is 0.730 bits per heavy atom. The summed E-state index contributed by atoms with van der Waals surface area (Å²) in [4.78, 5) is 65.0. The summed E-state index contributed by atoms with van der Waals surface area (Å²) in [5.74, 6) is -2.63. The summed E-state index contributed by atoms with van der Waals surface area (Å²) in [5.41, 5.74) is 0.300. The normalized spacial score (nSPS) is 10.1. The van der Waals surface area contributed by atoms with Crippen LogP contribution in [0.15, 0.2) is 60.7 Å². The molecule has 37 heavy (non-hydrogen) atoms. The molecular weight excluding hydrogens is 502 g/mol. The summed E-state index contributed by atoms with van der Waals surface area (Å²) in [6.45, 7) is 0. The molecule has 0 spiro atoms. The summed E-state index contributed by atoms with van der Waals surface area (Å²) in [6, 6.07) is 14.7. The van der Waals surface area contributed by atoms with Crippen LogP contribution in [0.2, 0.25) is 0 Å². The molecule has 4 amide bonds. The number of rotatable bonds is 7. The van der Waals surface area contributed by atoms with E-state index < -0.39 is 36.4 Å². The molecule has 0 unspecified atom stereocenters. The van der Waals surface area contributed by atoms with Gasteiger partial charge in [-0.05, 0) is 24.3 Å². The summed E-state index contributed by atoms with van der Waals surface area (Å²) < 4.78 is 14.4. The van der Waals surface area contributed by atoms with Crippen LogP contribution in [0.3, 0.4) is 0 Å². The molecule has 0 bridgehead atoms. The number of benzene rings is 2. The number of ether oxygens (including phenoxy) is 3. The lowest BCUT2D eigenvalue weighted by Crippen LogP contribution is -2.43. The minimum absolute atomic E-state index is 0.101. The Morgan fingerprint density at radius 2 is 1.22 bits per heavy atom. The SMILES string of the molecule is COC(=O)Cc1c(C(=O)OC)sc(N(C(=O)Nc2ccccc2)C(=O)Nc2ccccc2)c1C(=O)OC. The summed E-state index contributed by atoms with van der Waals surface area (Å²) >= 11 is 0.622. The summed E-state index contributed by atoms with van der Waals surface area (Å²) in [7, 11) is 3.34. The van der Waals surface area contributed by atoms with Gasteiger partial charge in [0, 0.05) is 16.9 Å². The van der Waals surface area contributed by atoms with Gasteiger partial charge in [0.1, 0.15) is 9.88 Å². The van der Waals surface area contributed by atoms with Gasteiger partial charge in [0.05, 0.1) is 33.3 Å². The van der Waals surface area contributed by atoms with Gasteiger partial charge in [-0.2, -0.15) is 0 Å². The first-order valence-corrected chi connectivity index (χ1v) is 11.5. The first-order valence-electron chi connectivity index (χ1n) is 10.7. The predicted molar refractivity (Wildman–Crippen MR) is 136 cm³/mol. The molecule has 1 aromatic heterocycles. The van der Waals surface area contributed by atoms with Gasteiger partial charge in [0.25, 0.3) is 0 Å². The van der Waals surface area contributed by atoms with Crippen molar-refractivity contribution in [1.82, 2.24) is 0 Å². The van der Waals surface area contributed by atoms with E-state index in [1.165, 1.54) is 0 Å². The molecule has 0 aliphatic rings. The number of hydrogen-bond acceptors (Lipinski definition) is 9. The predicted octanol–water partition coefficient (Wildman–Crippen LogP) is 4.31. The topological polar surface area (TPSA) is 140 Å². The quantitative estimate of drug-likeness (QED) is 0.344. The number of anilines is 3. The van der Waals surface area contributed by atoms with Crippen molar-refractivity contribution in [2.24, 2.45) is 0 Å². The Labute approximate surface area is 215 Å². The van der Waals surface area contributed by atoms with E-state index in [0.29, 0.717) is 27.6 Å². The third-order valence-electron chi connectivity index (χ3n) is 4.96. The second kappa shape index (κ2) is 12.3. The summed E-state index contributed by atoms with van der Waals surface area (Å²) in [6.07, 6.45) is -0.518. The first kappa shape index (κ1) is 26.9. The molecule has 192 valence electrons. The van der Waals surface area contributed by atoms with Crippen molar-refractivity contribution in [1.29, 1.82) is 0 Å². The minimum atomic E-state index is -0.981. The number of nitrogens with one attached hydrogen (secondary N) is 2. The fourth-order valence-corrected chi connectivity index (χ4v) is 4.47. The number of imide groups is 1. The average molecular weight is 526 g/mol. The fourth-order valence-electron chi connectivity index (χ4n) is 3.24. The van der Waals surface area contributed by atoms with Gasteiger partial charge in [0.2, 0.25) is 0 Å². The zero-order valence-corrected chi connectivity index (χ0v) is 20.9. The van der Waals surface area contributed by atoms with E-state index in [2.05, 4.69) is 10.6 Å². The highest BCUT2D eigenvalue weighted by molar-refractivity contribution is 7.19. The first-order chi connectivity index (χ1) is 17.8. The van der Waals surface area contributed by atoms with E-state index in [-0.39, 0.29) is 21.0 Å². The Kier molecular flexibility index (Phi) is 8.95. The molecule has 12 heteroatoms. The molecule has 0 fully saturated rings. The van der Waals surface area contributed by atoms with Crippen LogP contribution in [0.5, 0.6) is 0 Å². The molecule has 0 aliphatic carbocycles. The molecule has 2 aromatic carbocycles. The molecule has 0 atom stereocenters. The number of thiophene rings is 1. The lowest BCUT2D eigenvalue weighted by Gasteiger charge is -2.21. The highest BCUT2D eigenvalue weighted by atomic mass is 32.1. The van der Waals surface area contributed by atoms with Gasteiger partial charge in [-0.25, -0.2) is 24.1 Å².